The van der Waals surface area contributed by atoms with E-state index < -0.39 is 0 Å². The van der Waals surface area contributed by atoms with E-state index in [-0.39, 0.29) is 42.3 Å². The molecule has 2 amide bonds. The molecule has 0 saturated carbocycles. The van der Waals surface area contributed by atoms with Crippen molar-refractivity contribution in [1.29, 1.82) is 0 Å². The summed E-state index contributed by atoms with van der Waals surface area (Å²) in [5, 5.41) is 12.0. The van der Waals surface area contributed by atoms with Crippen LogP contribution in [-0.2, 0) is 6.54 Å². The number of amides is 2. The third-order valence-corrected chi connectivity index (χ3v) is 4.38. The predicted octanol–water partition coefficient (Wildman–Crippen LogP) is 2.02. The van der Waals surface area contributed by atoms with Gasteiger partial charge in [-0.2, -0.15) is 0 Å². The van der Waals surface area contributed by atoms with Gasteiger partial charge in [0, 0.05) is 12.7 Å². The molecule has 0 aliphatic carbocycles. The maximum atomic E-state index is 13.0. The van der Waals surface area contributed by atoms with E-state index in [4.69, 9.17) is 0 Å². The minimum Gasteiger partial charge on any atom is -0.394 e. The van der Waals surface area contributed by atoms with Crippen LogP contribution < -0.4 is 10.9 Å². The summed E-state index contributed by atoms with van der Waals surface area (Å²) in [6.45, 7) is 0.760. The number of urea groups is 1. The number of aliphatic hydroxyl groups is 1. The molecular formula is C18H20FN3O3. The summed E-state index contributed by atoms with van der Waals surface area (Å²) in [5.74, 6) is -0.332. The summed E-state index contributed by atoms with van der Waals surface area (Å²) in [6, 6.07) is 8.55. The highest BCUT2D eigenvalue weighted by Gasteiger charge is 2.28. The molecule has 2 N–H and O–H groups in total. The van der Waals surface area contributed by atoms with Gasteiger partial charge < -0.3 is 19.9 Å². The van der Waals surface area contributed by atoms with E-state index in [2.05, 4.69) is 5.32 Å². The summed E-state index contributed by atoms with van der Waals surface area (Å²) in [6.07, 6.45) is 3.21. The van der Waals surface area contributed by atoms with Gasteiger partial charge in [0.2, 0.25) is 0 Å². The van der Waals surface area contributed by atoms with Gasteiger partial charge in [0.1, 0.15) is 11.5 Å². The fraction of sp³-hybridized carbons (Fsp3) is 0.333. The van der Waals surface area contributed by atoms with E-state index in [0.29, 0.717) is 6.54 Å². The van der Waals surface area contributed by atoms with Crippen LogP contribution >= 0.6 is 0 Å². The van der Waals surface area contributed by atoms with Crippen molar-refractivity contribution in [2.75, 3.05) is 18.5 Å². The largest absolute Gasteiger partial charge is 0.394 e. The normalized spacial score (nSPS) is 16.9. The highest BCUT2D eigenvalue weighted by molar-refractivity contribution is 5.89. The van der Waals surface area contributed by atoms with Crippen LogP contribution in [0.25, 0.3) is 0 Å². The van der Waals surface area contributed by atoms with E-state index in [1.807, 2.05) is 0 Å². The van der Waals surface area contributed by atoms with Gasteiger partial charge in [-0.05, 0) is 42.7 Å². The van der Waals surface area contributed by atoms with Crippen LogP contribution in [-0.4, -0.2) is 39.8 Å². The fourth-order valence-electron chi connectivity index (χ4n) is 3.02. The first kappa shape index (κ1) is 17.2. The lowest BCUT2D eigenvalue weighted by Gasteiger charge is -2.23. The monoisotopic (exact) mass is 345 g/mol. The van der Waals surface area contributed by atoms with E-state index in [1.165, 1.54) is 16.7 Å². The molecule has 2 aromatic rings. The highest BCUT2D eigenvalue weighted by Crippen LogP contribution is 2.17. The maximum absolute atomic E-state index is 13.0. The Morgan fingerprint density at radius 1 is 1.28 bits per heavy atom. The minimum absolute atomic E-state index is 0.0863. The number of aliphatic hydroxyl groups excluding tert-OH is 1. The Kier molecular flexibility index (Phi) is 5.14. The number of nitrogens with one attached hydrogen (secondary N) is 1. The molecule has 1 saturated heterocycles. The van der Waals surface area contributed by atoms with Crippen molar-refractivity contribution < 1.29 is 14.3 Å². The molecule has 1 atom stereocenters. The summed E-state index contributed by atoms with van der Waals surface area (Å²) in [4.78, 5) is 26.5. The third-order valence-electron chi connectivity index (χ3n) is 4.38. The topological polar surface area (TPSA) is 74.6 Å². The number of carbonyl (C=O) groups is 1. The molecule has 1 fully saturated rings. The van der Waals surface area contributed by atoms with Gasteiger partial charge in [-0.3, -0.25) is 4.79 Å². The molecule has 6 nitrogen and oxygen atoms in total. The lowest BCUT2D eigenvalue weighted by molar-refractivity contribution is 0.166. The van der Waals surface area contributed by atoms with Crippen LogP contribution in [0, 0.1) is 5.82 Å². The number of aromatic nitrogens is 1. The molecule has 3 rings (SSSR count). The predicted molar refractivity (Wildman–Crippen MR) is 92.0 cm³/mol. The Balaban J connectivity index is 1.75. The Hall–Kier alpha value is -2.67. The lowest BCUT2D eigenvalue weighted by atomic mass is 10.2. The smallest absolute Gasteiger partial charge is 0.322 e. The molecule has 25 heavy (non-hydrogen) atoms. The molecule has 1 aliphatic rings. The standard InChI is InChI=1S/C18H20FN3O3/c19-14-7-5-13(6-8-14)11-21-9-2-4-16(17(21)24)20-18(25)22-10-1-3-15(22)12-23/h2,4-9,15,23H,1,3,10-12H2,(H,20,25). The van der Waals surface area contributed by atoms with E-state index in [0.717, 1.165) is 18.4 Å². The summed E-state index contributed by atoms with van der Waals surface area (Å²) in [7, 11) is 0. The second kappa shape index (κ2) is 7.48. The molecule has 1 aromatic carbocycles. The first-order chi connectivity index (χ1) is 12.1. The Morgan fingerprint density at radius 3 is 2.76 bits per heavy atom. The van der Waals surface area contributed by atoms with Crippen LogP contribution in [0.3, 0.4) is 0 Å². The van der Waals surface area contributed by atoms with Crippen molar-refractivity contribution in [2.45, 2.75) is 25.4 Å². The van der Waals surface area contributed by atoms with Gasteiger partial charge in [0.15, 0.2) is 0 Å². The highest BCUT2D eigenvalue weighted by atomic mass is 19.1. The van der Waals surface area contributed by atoms with Crippen molar-refractivity contribution in [3.8, 4) is 0 Å². The van der Waals surface area contributed by atoms with Crippen LogP contribution in [0.2, 0.25) is 0 Å². The van der Waals surface area contributed by atoms with Crippen LogP contribution in [0.15, 0.2) is 47.4 Å². The number of rotatable bonds is 4. The first-order valence-corrected chi connectivity index (χ1v) is 8.21. The van der Waals surface area contributed by atoms with Gasteiger partial charge >= 0.3 is 6.03 Å². The van der Waals surface area contributed by atoms with Crippen molar-refractivity contribution in [3.05, 3.63) is 64.3 Å². The van der Waals surface area contributed by atoms with Crippen molar-refractivity contribution in [1.82, 2.24) is 9.47 Å². The molecule has 0 spiro atoms. The molecule has 0 radical (unpaired) electrons. The van der Waals surface area contributed by atoms with Gasteiger partial charge in [0.05, 0.1) is 19.2 Å². The average molecular weight is 345 g/mol. The number of likely N-dealkylation sites (tertiary alicyclic amines) is 1. The Morgan fingerprint density at radius 2 is 2.04 bits per heavy atom. The molecule has 2 heterocycles. The number of hydrogen-bond acceptors (Lipinski definition) is 3. The summed E-state index contributed by atoms with van der Waals surface area (Å²) >= 11 is 0. The van der Waals surface area contributed by atoms with Gasteiger partial charge in [-0.1, -0.05) is 12.1 Å². The van der Waals surface area contributed by atoms with Crippen LogP contribution in [0.1, 0.15) is 18.4 Å². The fourth-order valence-corrected chi connectivity index (χ4v) is 3.02. The second-order valence-electron chi connectivity index (χ2n) is 6.08. The number of carbonyl (C=O) groups excluding carboxylic acids is 1. The quantitative estimate of drug-likeness (QED) is 0.890. The van der Waals surface area contributed by atoms with E-state index in [1.54, 1.807) is 35.4 Å². The van der Waals surface area contributed by atoms with Gasteiger partial charge in [-0.25, -0.2) is 9.18 Å². The van der Waals surface area contributed by atoms with Crippen molar-refractivity contribution in [2.24, 2.45) is 0 Å². The molecular weight excluding hydrogens is 325 g/mol. The number of benzene rings is 1. The number of nitrogens with zero attached hydrogens (tertiary/aromatic N) is 2. The number of halogens is 1. The van der Waals surface area contributed by atoms with Crippen molar-refractivity contribution in [3.63, 3.8) is 0 Å². The minimum atomic E-state index is -0.381. The van der Waals surface area contributed by atoms with E-state index in [9.17, 15) is 19.1 Å². The first-order valence-electron chi connectivity index (χ1n) is 8.21. The van der Waals surface area contributed by atoms with Gasteiger partial charge in [-0.15, -0.1) is 0 Å². The van der Waals surface area contributed by atoms with Crippen LogP contribution in [0.5, 0.6) is 0 Å². The average Bonchev–Trinajstić information content (AvgIpc) is 3.09. The molecule has 1 aliphatic heterocycles. The second-order valence-corrected chi connectivity index (χ2v) is 6.08. The lowest BCUT2D eigenvalue weighted by Crippen LogP contribution is -2.41. The van der Waals surface area contributed by atoms with Gasteiger partial charge in [0.25, 0.3) is 5.56 Å². The summed E-state index contributed by atoms with van der Waals surface area (Å²) < 4.78 is 14.4. The number of hydrogen-bond donors (Lipinski definition) is 2. The summed E-state index contributed by atoms with van der Waals surface area (Å²) in [5.41, 5.74) is 0.630. The molecule has 0 bridgehead atoms. The zero-order valence-corrected chi connectivity index (χ0v) is 13.7. The van der Waals surface area contributed by atoms with Crippen molar-refractivity contribution >= 4 is 11.7 Å². The molecule has 1 unspecified atom stereocenters. The number of pyridine rings is 1. The molecule has 132 valence electrons. The van der Waals surface area contributed by atoms with Crippen LogP contribution in [0.4, 0.5) is 14.9 Å². The Labute approximate surface area is 144 Å². The zero-order chi connectivity index (χ0) is 17.8. The number of anilines is 1. The van der Waals surface area contributed by atoms with E-state index >= 15 is 0 Å². The SMILES string of the molecule is O=C(Nc1cccn(Cc2ccc(F)cc2)c1=O)N1CCCC1CO. The molecule has 1 aromatic heterocycles. The third kappa shape index (κ3) is 3.88. The Bertz CT molecular complexity index is 804. The molecule has 7 heteroatoms. The maximum Gasteiger partial charge on any atom is 0.322 e. The zero-order valence-electron chi connectivity index (χ0n) is 13.7.